The Morgan fingerprint density at radius 2 is 2.04 bits per heavy atom. The molecular weight excluding hydrogens is 341 g/mol. The first-order valence-electron chi connectivity index (χ1n) is 8.15. The maximum Gasteiger partial charge on any atom is 0.293 e. The summed E-state index contributed by atoms with van der Waals surface area (Å²) in [5.41, 5.74) is 1.48. The first-order chi connectivity index (χ1) is 12.6. The minimum atomic E-state index is -0.414. The van der Waals surface area contributed by atoms with Crippen molar-refractivity contribution in [2.45, 2.75) is 6.61 Å². The minimum absolute atomic E-state index is 0.00459. The van der Waals surface area contributed by atoms with Gasteiger partial charge in [-0.15, -0.1) is 0 Å². The monoisotopic (exact) mass is 359 g/mol. The van der Waals surface area contributed by atoms with Crippen LogP contribution in [0.5, 0.6) is 0 Å². The zero-order chi connectivity index (χ0) is 18.4. The summed E-state index contributed by atoms with van der Waals surface area (Å²) in [5.74, 6) is -0.367. The van der Waals surface area contributed by atoms with Crippen LogP contribution in [0.1, 0.15) is 11.1 Å². The quantitative estimate of drug-likeness (QED) is 0.450. The number of nitro groups is 1. The fourth-order valence-corrected chi connectivity index (χ4v) is 2.66. The fraction of sp³-hybridized carbons (Fsp3) is 0.278. The van der Waals surface area contributed by atoms with Crippen molar-refractivity contribution in [3.63, 3.8) is 0 Å². The van der Waals surface area contributed by atoms with Gasteiger partial charge in [0, 0.05) is 30.3 Å². The van der Waals surface area contributed by atoms with E-state index in [1.165, 1.54) is 18.3 Å². The Hall–Kier alpha value is -3.00. The number of nitro benzene ring substituents is 1. The highest BCUT2D eigenvalue weighted by molar-refractivity contribution is 5.82. The summed E-state index contributed by atoms with van der Waals surface area (Å²) in [6.45, 7) is 2.30. The molecule has 0 radical (unpaired) electrons. The van der Waals surface area contributed by atoms with Crippen molar-refractivity contribution in [3.05, 3.63) is 69.5 Å². The molecule has 2 aromatic carbocycles. The van der Waals surface area contributed by atoms with Gasteiger partial charge in [-0.05, 0) is 12.1 Å². The van der Waals surface area contributed by atoms with Crippen molar-refractivity contribution in [2.75, 3.05) is 31.2 Å². The molecule has 1 heterocycles. The van der Waals surface area contributed by atoms with Gasteiger partial charge in [-0.3, -0.25) is 10.1 Å². The molecule has 0 atom stereocenters. The van der Waals surface area contributed by atoms with Crippen molar-refractivity contribution >= 4 is 17.6 Å². The Kier molecular flexibility index (Phi) is 5.75. The summed E-state index contributed by atoms with van der Waals surface area (Å²) in [7, 11) is 0. The first-order valence-corrected chi connectivity index (χ1v) is 8.15. The van der Waals surface area contributed by atoms with Crippen LogP contribution in [0.4, 0.5) is 15.8 Å². The van der Waals surface area contributed by atoms with E-state index in [1.807, 2.05) is 4.90 Å². The molecule has 0 saturated carbocycles. The van der Waals surface area contributed by atoms with Gasteiger partial charge in [-0.25, -0.2) is 4.39 Å². The zero-order valence-electron chi connectivity index (χ0n) is 14.0. The molecule has 0 N–H and O–H groups in total. The zero-order valence-corrected chi connectivity index (χ0v) is 14.0. The third-order valence-electron chi connectivity index (χ3n) is 4.00. The number of hydrogen-bond acceptors (Lipinski definition) is 6. The number of anilines is 1. The van der Waals surface area contributed by atoms with Crippen LogP contribution < -0.4 is 4.90 Å². The number of oxime groups is 1. The average Bonchev–Trinajstić information content (AvgIpc) is 2.67. The largest absolute Gasteiger partial charge is 0.391 e. The van der Waals surface area contributed by atoms with Crippen LogP contribution in [0.2, 0.25) is 0 Å². The van der Waals surface area contributed by atoms with Gasteiger partial charge in [0.15, 0.2) is 0 Å². The second-order valence-electron chi connectivity index (χ2n) is 5.70. The van der Waals surface area contributed by atoms with E-state index < -0.39 is 4.92 Å². The van der Waals surface area contributed by atoms with Crippen LogP contribution in [-0.4, -0.2) is 37.4 Å². The Morgan fingerprint density at radius 1 is 1.27 bits per heavy atom. The standard InChI is InChI=1S/C18H18FN3O4/c19-16-4-2-1-3-15(16)13-26-20-12-14-5-6-17(18(11-14)22(23)24)21-7-9-25-10-8-21/h1-6,11-12H,7-10,13H2. The van der Waals surface area contributed by atoms with E-state index >= 15 is 0 Å². The van der Waals surface area contributed by atoms with Crippen molar-refractivity contribution in [1.29, 1.82) is 0 Å². The molecule has 8 heteroatoms. The lowest BCUT2D eigenvalue weighted by atomic mass is 10.1. The van der Waals surface area contributed by atoms with E-state index in [1.54, 1.807) is 30.3 Å². The first kappa shape index (κ1) is 17.8. The smallest absolute Gasteiger partial charge is 0.293 e. The van der Waals surface area contributed by atoms with E-state index in [4.69, 9.17) is 9.57 Å². The molecule has 0 amide bonds. The van der Waals surface area contributed by atoms with Gasteiger partial charge in [-0.2, -0.15) is 0 Å². The number of hydrogen-bond donors (Lipinski definition) is 0. The van der Waals surface area contributed by atoms with Crippen molar-refractivity contribution in [3.8, 4) is 0 Å². The lowest BCUT2D eigenvalue weighted by Gasteiger charge is -2.28. The molecule has 136 valence electrons. The highest BCUT2D eigenvalue weighted by Crippen LogP contribution is 2.29. The van der Waals surface area contributed by atoms with Gasteiger partial charge in [-0.1, -0.05) is 29.4 Å². The minimum Gasteiger partial charge on any atom is -0.391 e. The second-order valence-corrected chi connectivity index (χ2v) is 5.70. The van der Waals surface area contributed by atoms with Crippen LogP contribution in [0.25, 0.3) is 0 Å². The number of rotatable bonds is 6. The molecule has 0 aromatic heterocycles. The van der Waals surface area contributed by atoms with Gasteiger partial charge in [0.1, 0.15) is 18.1 Å². The summed E-state index contributed by atoms with van der Waals surface area (Å²) >= 11 is 0. The van der Waals surface area contributed by atoms with E-state index in [0.29, 0.717) is 43.1 Å². The molecule has 7 nitrogen and oxygen atoms in total. The summed E-state index contributed by atoms with van der Waals surface area (Å²) in [6, 6.07) is 11.1. The molecule has 1 aliphatic heterocycles. The van der Waals surface area contributed by atoms with Gasteiger partial charge < -0.3 is 14.5 Å². The van der Waals surface area contributed by atoms with Crippen molar-refractivity contribution in [1.82, 2.24) is 0 Å². The van der Waals surface area contributed by atoms with Crippen LogP contribution in [0.15, 0.2) is 47.6 Å². The summed E-state index contributed by atoms with van der Waals surface area (Å²) in [4.78, 5) is 18.0. The number of benzene rings is 2. The summed E-state index contributed by atoms with van der Waals surface area (Å²) in [6.07, 6.45) is 1.37. The van der Waals surface area contributed by atoms with E-state index in [9.17, 15) is 14.5 Å². The molecule has 2 aromatic rings. The average molecular weight is 359 g/mol. The van der Waals surface area contributed by atoms with E-state index in [2.05, 4.69) is 5.16 Å². The van der Waals surface area contributed by atoms with Gasteiger partial charge in [0.2, 0.25) is 0 Å². The third kappa shape index (κ3) is 4.34. The molecule has 0 unspecified atom stereocenters. The fourth-order valence-electron chi connectivity index (χ4n) is 2.66. The molecule has 0 bridgehead atoms. The molecule has 0 spiro atoms. The third-order valence-corrected chi connectivity index (χ3v) is 4.00. The Labute approximate surface area is 149 Å². The maximum absolute atomic E-state index is 13.5. The van der Waals surface area contributed by atoms with Gasteiger partial charge >= 0.3 is 0 Å². The molecule has 1 fully saturated rings. The molecular formula is C18H18FN3O4. The summed E-state index contributed by atoms with van der Waals surface area (Å²) in [5, 5.41) is 15.2. The van der Waals surface area contributed by atoms with Crippen LogP contribution >= 0.6 is 0 Å². The van der Waals surface area contributed by atoms with Crippen molar-refractivity contribution < 1.29 is 18.9 Å². The van der Waals surface area contributed by atoms with Gasteiger partial charge in [0.05, 0.1) is 24.4 Å². The topological polar surface area (TPSA) is 77.2 Å². The van der Waals surface area contributed by atoms with Crippen LogP contribution in [0.3, 0.4) is 0 Å². The Bertz CT molecular complexity index is 807. The lowest BCUT2D eigenvalue weighted by Crippen LogP contribution is -2.36. The molecule has 1 aliphatic rings. The molecule has 3 rings (SSSR count). The second kappa shape index (κ2) is 8.39. The number of ether oxygens (including phenoxy) is 1. The molecule has 26 heavy (non-hydrogen) atoms. The number of halogens is 1. The normalized spacial score (nSPS) is 14.6. The lowest BCUT2D eigenvalue weighted by molar-refractivity contribution is -0.384. The predicted molar refractivity (Wildman–Crippen MR) is 94.9 cm³/mol. The van der Waals surface area contributed by atoms with Crippen LogP contribution in [-0.2, 0) is 16.2 Å². The van der Waals surface area contributed by atoms with Crippen LogP contribution in [0, 0.1) is 15.9 Å². The van der Waals surface area contributed by atoms with E-state index in [0.717, 1.165) is 0 Å². The number of morpholine rings is 1. The Morgan fingerprint density at radius 3 is 2.77 bits per heavy atom. The highest BCUT2D eigenvalue weighted by Gasteiger charge is 2.21. The predicted octanol–water partition coefficient (Wildman–Crippen LogP) is 3.12. The van der Waals surface area contributed by atoms with E-state index in [-0.39, 0.29) is 18.1 Å². The molecule has 0 aliphatic carbocycles. The number of nitrogens with zero attached hydrogens (tertiary/aromatic N) is 3. The maximum atomic E-state index is 13.5. The highest BCUT2D eigenvalue weighted by atomic mass is 19.1. The SMILES string of the molecule is O=[N+]([O-])c1cc(C=NOCc2ccccc2F)ccc1N1CCOCC1. The van der Waals surface area contributed by atoms with Gasteiger partial charge in [0.25, 0.3) is 5.69 Å². The Balaban J connectivity index is 1.69. The molecule has 1 saturated heterocycles. The van der Waals surface area contributed by atoms with Crippen molar-refractivity contribution in [2.24, 2.45) is 5.16 Å². The summed E-state index contributed by atoms with van der Waals surface area (Å²) < 4.78 is 18.8.